The van der Waals surface area contributed by atoms with E-state index in [9.17, 15) is 0 Å². The first kappa shape index (κ1) is 12.2. The maximum absolute atomic E-state index is 5.71. The molecule has 1 heterocycles. The average molecular weight is 210 g/mol. The highest BCUT2D eigenvalue weighted by molar-refractivity contribution is 4.97. The second-order valence-electron chi connectivity index (χ2n) is 4.11. The lowest BCUT2D eigenvalue weighted by molar-refractivity contribution is 0.521. The van der Waals surface area contributed by atoms with E-state index in [1.807, 2.05) is 17.8 Å². The molecule has 0 aliphatic heterocycles. The van der Waals surface area contributed by atoms with Gasteiger partial charge < -0.3 is 5.73 Å². The Kier molecular flexibility index (Phi) is 5.32. The number of nitrogens with two attached hydrogens (primary N) is 1. The van der Waals surface area contributed by atoms with Crippen LogP contribution < -0.4 is 5.73 Å². The van der Waals surface area contributed by atoms with Gasteiger partial charge in [0.15, 0.2) is 0 Å². The summed E-state index contributed by atoms with van der Waals surface area (Å²) in [7, 11) is 0. The van der Waals surface area contributed by atoms with Crippen LogP contribution in [0.15, 0.2) is 6.20 Å². The van der Waals surface area contributed by atoms with E-state index in [1.165, 1.54) is 32.1 Å². The van der Waals surface area contributed by atoms with Crippen LogP contribution in [0.2, 0.25) is 0 Å². The van der Waals surface area contributed by atoms with Gasteiger partial charge in [0.1, 0.15) is 0 Å². The van der Waals surface area contributed by atoms with Gasteiger partial charge in [-0.25, -0.2) is 0 Å². The van der Waals surface area contributed by atoms with Crippen molar-refractivity contribution in [3.05, 3.63) is 11.9 Å². The summed E-state index contributed by atoms with van der Waals surface area (Å²) in [5.41, 5.74) is 6.58. The fraction of sp³-hybridized carbons (Fsp3) is 0.818. The molecule has 0 fully saturated rings. The highest BCUT2D eigenvalue weighted by Gasteiger charge is 2.04. The van der Waals surface area contributed by atoms with Crippen LogP contribution in [0.3, 0.4) is 0 Å². The number of aryl methyl sites for hydroxylation is 1. The maximum Gasteiger partial charge on any atom is 0.0991 e. The van der Waals surface area contributed by atoms with E-state index in [-0.39, 0.29) is 6.04 Å². The predicted molar refractivity (Wildman–Crippen MR) is 61.4 cm³/mol. The van der Waals surface area contributed by atoms with Gasteiger partial charge in [-0.1, -0.05) is 37.8 Å². The van der Waals surface area contributed by atoms with Crippen molar-refractivity contribution in [1.29, 1.82) is 0 Å². The predicted octanol–water partition coefficient (Wildman–Crippen LogP) is 2.27. The summed E-state index contributed by atoms with van der Waals surface area (Å²) in [6, 6.07) is -0.0150. The van der Waals surface area contributed by atoms with Crippen LogP contribution in [0.1, 0.15) is 57.7 Å². The van der Waals surface area contributed by atoms with Crippen molar-refractivity contribution in [2.24, 2.45) is 5.73 Å². The van der Waals surface area contributed by atoms with E-state index in [1.54, 1.807) is 0 Å². The smallest absolute Gasteiger partial charge is 0.0991 e. The lowest BCUT2D eigenvalue weighted by Crippen LogP contribution is -2.05. The number of aromatic nitrogens is 3. The van der Waals surface area contributed by atoms with Crippen LogP contribution in [0.5, 0.6) is 0 Å². The third kappa shape index (κ3) is 4.42. The zero-order valence-electron chi connectivity index (χ0n) is 9.82. The quantitative estimate of drug-likeness (QED) is 0.702. The molecule has 1 unspecified atom stereocenters. The van der Waals surface area contributed by atoms with Gasteiger partial charge in [0, 0.05) is 12.6 Å². The minimum atomic E-state index is -0.0150. The molecule has 4 heteroatoms. The Hall–Kier alpha value is -0.900. The third-order valence-corrected chi connectivity index (χ3v) is 2.51. The Morgan fingerprint density at radius 2 is 2.07 bits per heavy atom. The molecule has 86 valence electrons. The summed E-state index contributed by atoms with van der Waals surface area (Å²) in [5.74, 6) is 0. The lowest BCUT2D eigenvalue weighted by Gasteiger charge is -2.00. The molecule has 0 amide bonds. The fourth-order valence-corrected chi connectivity index (χ4v) is 1.51. The molecule has 1 rings (SSSR count). The number of hydrogen-bond acceptors (Lipinski definition) is 3. The van der Waals surface area contributed by atoms with Gasteiger partial charge in [-0.05, 0) is 13.3 Å². The molecule has 0 saturated carbocycles. The molecule has 0 bridgehead atoms. The van der Waals surface area contributed by atoms with Crippen molar-refractivity contribution < 1.29 is 0 Å². The standard InChI is InChI=1S/C11H22N4/c1-3-4-5-6-7-8-15-9-11(10(2)12)13-14-15/h9-10H,3-8,12H2,1-2H3. The molecule has 4 nitrogen and oxygen atoms in total. The lowest BCUT2D eigenvalue weighted by atomic mass is 10.1. The molecule has 1 atom stereocenters. The van der Waals surface area contributed by atoms with E-state index in [4.69, 9.17) is 5.73 Å². The minimum absolute atomic E-state index is 0.0150. The minimum Gasteiger partial charge on any atom is -0.323 e. The zero-order chi connectivity index (χ0) is 11.1. The molecule has 0 spiro atoms. The number of hydrogen-bond donors (Lipinski definition) is 1. The molecule has 0 aliphatic carbocycles. The van der Waals surface area contributed by atoms with Gasteiger partial charge in [0.2, 0.25) is 0 Å². The molecular formula is C11H22N4. The topological polar surface area (TPSA) is 56.7 Å². The summed E-state index contributed by atoms with van der Waals surface area (Å²) in [5, 5.41) is 8.06. The summed E-state index contributed by atoms with van der Waals surface area (Å²) in [4.78, 5) is 0. The molecule has 0 radical (unpaired) electrons. The Morgan fingerprint density at radius 1 is 1.33 bits per heavy atom. The number of unbranched alkanes of at least 4 members (excludes halogenated alkanes) is 4. The molecule has 1 aromatic rings. The highest BCUT2D eigenvalue weighted by atomic mass is 15.4. The van der Waals surface area contributed by atoms with Crippen molar-refractivity contribution >= 4 is 0 Å². The molecule has 0 aromatic carbocycles. The van der Waals surface area contributed by atoms with Crippen LogP contribution in [0, 0.1) is 0 Å². The monoisotopic (exact) mass is 210 g/mol. The normalized spacial score (nSPS) is 13.0. The number of rotatable bonds is 7. The van der Waals surface area contributed by atoms with Gasteiger partial charge in [-0.15, -0.1) is 5.10 Å². The van der Waals surface area contributed by atoms with E-state index in [2.05, 4.69) is 17.2 Å². The van der Waals surface area contributed by atoms with Crippen molar-refractivity contribution in [2.75, 3.05) is 0 Å². The van der Waals surface area contributed by atoms with E-state index in [0.29, 0.717) is 0 Å². The molecule has 0 aliphatic rings. The van der Waals surface area contributed by atoms with Crippen molar-refractivity contribution in [3.8, 4) is 0 Å². The zero-order valence-corrected chi connectivity index (χ0v) is 9.82. The largest absolute Gasteiger partial charge is 0.323 e. The highest BCUT2D eigenvalue weighted by Crippen LogP contribution is 2.06. The van der Waals surface area contributed by atoms with Gasteiger partial charge in [0.25, 0.3) is 0 Å². The summed E-state index contributed by atoms with van der Waals surface area (Å²) in [6.45, 7) is 5.12. The molecule has 2 N–H and O–H groups in total. The maximum atomic E-state index is 5.71. The molecule has 1 aromatic heterocycles. The van der Waals surface area contributed by atoms with Crippen LogP contribution >= 0.6 is 0 Å². The summed E-state index contributed by atoms with van der Waals surface area (Å²) < 4.78 is 1.89. The first-order chi connectivity index (χ1) is 7.24. The second-order valence-corrected chi connectivity index (χ2v) is 4.11. The molecule has 0 saturated heterocycles. The first-order valence-corrected chi connectivity index (χ1v) is 5.89. The van der Waals surface area contributed by atoms with Gasteiger partial charge in [-0.3, -0.25) is 4.68 Å². The second kappa shape index (κ2) is 6.56. The first-order valence-electron chi connectivity index (χ1n) is 5.89. The van der Waals surface area contributed by atoms with Crippen LogP contribution in [0.4, 0.5) is 0 Å². The third-order valence-electron chi connectivity index (χ3n) is 2.51. The van der Waals surface area contributed by atoms with Crippen LogP contribution in [0.25, 0.3) is 0 Å². The summed E-state index contributed by atoms with van der Waals surface area (Å²) >= 11 is 0. The van der Waals surface area contributed by atoms with Crippen LogP contribution in [-0.4, -0.2) is 15.0 Å². The molecule has 15 heavy (non-hydrogen) atoms. The van der Waals surface area contributed by atoms with E-state index < -0.39 is 0 Å². The fourth-order valence-electron chi connectivity index (χ4n) is 1.51. The van der Waals surface area contributed by atoms with E-state index >= 15 is 0 Å². The Bertz CT molecular complexity index is 267. The Labute approximate surface area is 91.9 Å². The number of nitrogens with zero attached hydrogens (tertiary/aromatic N) is 3. The van der Waals surface area contributed by atoms with E-state index in [0.717, 1.165) is 12.2 Å². The SMILES string of the molecule is CCCCCCCn1cc(C(C)N)nn1. The van der Waals surface area contributed by atoms with Crippen LogP contribution in [-0.2, 0) is 6.54 Å². The average Bonchev–Trinajstić information content (AvgIpc) is 2.66. The van der Waals surface area contributed by atoms with Crippen molar-refractivity contribution in [2.45, 2.75) is 58.5 Å². The Morgan fingerprint density at radius 3 is 2.67 bits per heavy atom. The van der Waals surface area contributed by atoms with Crippen molar-refractivity contribution in [1.82, 2.24) is 15.0 Å². The molecular weight excluding hydrogens is 188 g/mol. The Balaban J connectivity index is 2.20. The van der Waals surface area contributed by atoms with Gasteiger partial charge >= 0.3 is 0 Å². The van der Waals surface area contributed by atoms with Gasteiger partial charge in [0.05, 0.1) is 11.9 Å². The van der Waals surface area contributed by atoms with Crippen molar-refractivity contribution in [3.63, 3.8) is 0 Å². The summed E-state index contributed by atoms with van der Waals surface area (Å²) in [6.07, 6.45) is 8.36. The van der Waals surface area contributed by atoms with Gasteiger partial charge in [-0.2, -0.15) is 0 Å².